The van der Waals surface area contributed by atoms with Gasteiger partial charge in [-0.3, -0.25) is 37.3 Å². The Kier molecular flexibility index (Phi) is 70.4. The molecule has 0 heterocycles. The van der Waals surface area contributed by atoms with E-state index in [4.69, 9.17) is 37.0 Å². The maximum atomic E-state index is 13.1. The monoisotopic (exact) mass is 1450 g/mol. The molecule has 3 unspecified atom stereocenters. The molecule has 0 aromatic heterocycles. The van der Waals surface area contributed by atoms with Crippen LogP contribution in [0.15, 0.2) is 97.2 Å². The number of carbonyl (C=O) groups excluding carboxylic acids is 4. The Labute approximate surface area is 607 Å². The van der Waals surface area contributed by atoms with Gasteiger partial charge < -0.3 is 33.8 Å². The van der Waals surface area contributed by atoms with E-state index in [1.807, 2.05) is 0 Å². The van der Waals surface area contributed by atoms with Crippen LogP contribution in [0.3, 0.4) is 0 Å². The van der Waals surface area contributed by atoms with E-state index in [2.05, 4.69) is 125 Å². The maximum Gasteiger partial charge on any atom is 0.472 e. The summed E-state index contributed by atoms with van der Waals surface area (Å²) in [6, 6.07) is 0. The molecule has 0 fully saturated rings. The molecule has 0 saturated carbocycles. The molecule has 100 heavy (non-hydrogen) atoms. The van der Waals surface area contributed by atoms with E-state index in [9.17, 15) is 43.2 Å². The fourth-order valence-electron chi connectivity index (χ4n) is 10.4. The normalized spacial score (nSPS) is 14.4. The lowest BCUT2D eigenvalue weighted by Crippen LogP contribution is -2.30. The smallest absolute Gasteiger partial charge is 0.462 e. The molecule has 0 radical (unpaired) electrons. The molecule has 0 saturated heterocycles. The van der Waals surface area contributed by atoms with Crippen molar-refractivity contribution in [3.63, 3.8) is 0 Å². The Morgan fingerprint density at radius 3 is 0.740 bits per heavy atom. The second-order valence-corrected chi connectivity index (χ2v) is 29.2. The minimum absolute atomic E-state index is 0.0756. The molecule has 0 aromatic rings. The largest absolute Gasteiger partial charge is 0.472 e. The van der Waals surface area contributed by atoms with Gasteiger partial charge >= 0.3 is 39.5 Å². The maximum absolute atomic E-state index is 13.1. The average molecular weight is 1450 g/mol. The number of hydrogen-bond donors (Lipinski definition) is 3. The summed E-state index contributed by atoms with van der Waals surface area (Å²) in [4.78, 5) is 72.9. The molecule has 19 heteroatoms. The van der Waals surface area contributed by atoms with Crippen molar-refractivity contribution in [1.82, 2.24) is 0 Å². The van der Waals surface area contributed by atoms with E-state index < -0.39 is 97.5 Å². The van der Waals surface area contributed by atoms with Gasteiger partial charge in [0.2, 0.25) is 0 Å². The molecule has 17 nitrogen and oxygen atoms in total. The third-order valence-electron chi connectivity index (χ3n) is 16.5. The third-order valence-corrected chi connectivity index (χ3v) is 18.4. The summed E-state index contributed by atoms with van der Waals surface area (Å²) in [5.74, 6) is -2.22. The van der Waals surface area contributed by atoms with Gasteiger partial charge in [-0.05, 0) is 154 Å². The van der Waals surface area contributed by atoms with Gasteiger partial charge in [0.1, 0.15) is 19.3 Å². The van der Waals surface area contributed by atoms with Gasteiger partial charge in [-0.25, -0.2) is 9.13 Å². The standard InChI is InChI=1S/C81H142O17P2/c1-5-9-13-17-21-25-29-33-37-41-45-49-53-57-61-65-78(83)91-71-76(97-80(85)67-63-59-55-51-47-43-39-35-31-27-23-19-15-11-7-3)73-95-99(87,88)93-69-75(82)70-94-100(89,90)96-74-77(98-81(86)68-64-60-56-52-48-44-40-36-32-28-24-20-16-12-8-4)72-92-79(84)66-62-58-54-50-46-42-38-34-30-26-22-18-14-10-6-2/h21-28,33-40,75-77,82H,5-20,29-32,41-74H2,1-4H3,(H,87,88)(H,89,90)/b25-21-,26-22+,27-23+,28-24+,37-33+,38-34-,39-35+,40-36-/t75?,76-,77-/m1/s1. The first kappa shape index (κ1) is 96.0. The highest BCUT2D eigenvalue weighted by molar-refractivity contribution is 7.47. The highest BCUT2D eigenvalue weighted by Gasteiger charge is 2.30. The number of esters is 4. The summed E-state index contributed by atoms with van der Waals surface area (Å²) in [5.41, 5.74) is 0. The lowest BCUT2D eigenvalue weighted by molar-refractivity contribution is -0.161. The van der Waals surface area contributed by atoms with Gasteiger partial charge in [-0.15, -0.1) is 0 Å². The molecule has 0 bridgehead atoms. The van der Waals surface area contributed by atoms with Crippen LogP contribution in [0.25, 0.3) is 0 Å². The Morgan fingerprint density at radius 2 is 0.490 bits per heavy atom. The van der Waals surface area contributed by atoms with Crippen molar-refractivity contribution in [3.8, 4) is 0 Å². The first-order valence-electron chi connectivity index (χ1n) is 39.5. The van der Waals surface area contributed by atoms with Crippen molar-refractivity contribution in [3.05, 3.63) is 97.2 Å². The molecular formula is C81H142O17P2. The predicted molar refractivity (Wildman–Crippen MR) is 409 cm³/mol. The molecular weight excluding hydrogens is 1310 g/mol. The summed E-state index contributed by atoms with van der Waals surface area (Å²) >= 11 is 0. The molecule has 0 rings (SSSR count). The number of aliphatic hydroxyl groups is 1. The van der Waals surface area contributed by atoms with Crippen molar-refractivity contribution in [2.24, 2.45) is 0 Å². The topological polar surface area (TPSA) is 237 Å². The van der Waals surface area contributed by atoms with Gasteiger partial charge in [0, 0.05) is 25.7 Å². The van der Waals surface area contributed by atoms with Crippen LogP contribution in [0.2, 0.25) is 0 Å². The molecule has 0 aromatic carbocycles. The number of unbranched alkanes of at least 4 members (excludes halogenated alkanes) is 32. The van der Waals surface area contributed by atoms with Crippen LogP contribution in [-0.4, -0.2) is 96.7 Å². The van der Waals surface area contributed by atoms with Crippen LogP contribution in [-0.2, 0) is 65.4 Å². The number of hydrogen-bond acceptors (Lipinski definition) is 15. The Morgan fingerprint density at radius 1 is 0.280 bits per heavy atom. The van der Waals surface area contributed by atoms with Crippen molar-refractivity contribution < 1.29 is 80.2 Å². The van der Waals surface area contributed by atoms with Crippen LogP contribution in [0.1, 0.15) is 336 Å². The first-order chi connectivity index (χ1) is 48.7. The SMILES string of the molecule is CCCCC/C=C\C/C=C/CCCCCCCC(=O)OC[C@H](COP(=O)(O)OCC(O)COP(=O)(O)OC[C@@H](COC(=O)CCCCCCC/C=C\C/C=C/CCCCC)OC(=O)CCCCCCC/C=C\C/C=C/CCCCC)OC(=O)CCCCCCC/C=C/C/C=C/CCCCC. The van der Waals surface area contributed by atoms with E-state index in [0.29, 0.717) is 25.7 Å². The molecule has 0 aliphatic carbocycles. The van der Waals surface area contributed by atoms with Crippen molar-refractivity contribution >= 4 is 39.5 Å². The Hall–Kier alpha value is -4.02. The molecule has 0 aliphatic heterocycles. The average Bonchev–Trinajstić information content (AvgIpc) is 1.01. The third kappa shape index (κ3) is 72.3. The van der Waals surface area contributed by atoms with Crippen LogP contribution >= 0.6 is 15.6 Å². The number of carbonyl (C=O) groups is 4. The number of allylic oxidation sites excluding steroid dienone is 16. The number of phosphoric ester groups is 2. The summed E-state index contributed by atoms with van der Waals surface area (Å²) < 4.78 is 68.5. The van der Waals surface area contributed by atoms with Crippen molar-refractivity contribution in [2.45, 2.75) is 354 Å². The number of ether oxygens (including phenoxy) is 4. The van der Waals surface area contributed by atoms with Crippen LogP contribution in [0, 0.1) is 0 Å². The summed E-state index contributed by atoms with van der Waals surface area (Å²) in [7, 11) is -9.97. The number of phosphoric acid groups is 2. The van der Waals surface area contributed by atoms with Gasteiger partial charge in [-0.2, -0.15) is 0 Å². The van der Waals surface area contributed by atoms with Crippen LogP contribution in [0.5, 0.6) is 0 Å². The van der Waals surface area contributed by atoms with E-state index in [0.717, 1.165) is 180 Å². The van der Waals surface area contributed by atoms with Gasteiger partial charge in [0.15, 0.2) is 12.2 Å². The van der Waals surface area contributed by atoms with Crippen molar-refractivity contribution in [1.29, 1.82) is 0 Å². The molecule has 0 spiro atoms. The lowest BCUT2D eigenvalue weighted by atomic mass is 10.1. The first-order valence-corrected chi connectivity index (χ1v) is 42.5. The number of aliphatic hydroxyl groups excluding tert-OH is 1. The van der Waals surface area contributed by atoms with Gasteiger partial charge in [0.05, 0.1) is 26.4 Å². The zero-order valence-electron chi connectivity index (χ0n) is 63.1. The second-order valence-electron chi connectivity index (χ2n) is 26.3. The molecule has 578 valence electrons. The van der Waals surface area contributed by atoms with E-state index in [1.165, 1.54) is 77.0 Å². The molecule has 3 N–H and O–H groups in total. The Bertz CT molecular complexity index is 2120. The molecule has 0 amide bonds. The Balaban J connectivity index is 5.40. The molecule has 5 atom stereocenters. The number of rotatable bonds is 74. The highest BCUT2D eigenvalue weighted by atomic mass is 31.2. The van der Waals surface area contributed by atoms with Gasteiger partial charge in [0.25, 0.3) is 0 Å². The quantitative estimate of drug-likeness (QED) is 0.0169. The molecule has 0 aliphatic rings. The minimum Gasteiger partial charge on any atom is -0.462 e. The summed E-state index contributed by atoms with van der Waals surface area (Å²) in [6.45, 7) is 4.74. The summed E-state index contributed by atoms with van der Waals surface area (Å²) in [5, 5.41) is 10.6. The fraction of sp³-hybridized carbons (Fsp3) is 0.753. The van der Waals surface area contributed by atoms with Crippen LogP contribution < -0.4 is 0 Å². The van der Waals surface area contributed by atoms with Gasteiger partial charge in [-0.1, -0.05) is 253 Å². The van der Waals surface area contributed by atoms with E-state index in [-0.39, 0.29) is 25.7 Å². The van der Waals surface area contributed by atoms with E-state index >= 15 is 0 Å². The fourth-order valence-corrected chi connectivity index (χ4v) is 12.0. The predicted octanol–water partition coefficient (Wildman–Crippen LogP) is 22.8. The zero-order valence-corrected chi connectivity index (χ0v) is 64.9. The minimum atomic E-state index is -4.98. The van der Waals surface area contributed by atoms with Crippen molar-refractivity contribution in [2.75, 3.05) is 39.6 Å². The van der Waals surface area contributed by atoms with E-state index in [1.54, 1.807) is 0 Å². The highest BCUT2D eigenvalue weighted by Crippen LogP contribution is 2.45. The zero-order chi connectivity index (χ0) is 73.2. The summed E-state index contributed by atoms with van der Waals surface area (Å²) in [6.07, 6.45) is 76.6. The lowest BCUT2D eigenvalue weighted by Gasteiger charge is -2.21. The second kappa shape index (κ2) is 73.3. The van der Waals surface area contributed by atoms with Crippen LogP contribution in [0.4, 0.5) is 0 Å².